The maximum absolute atomic E-state index is 11.6. The summed E-state index contributed by atoms with van der Waals surface area (Å²) in [6.45, 7) is 0. The number of carbonyl (C=O) groups is 1. The number of pyridine rings is 1. The number of hydrogen-bond donors (Lipinski definition) is 2. The van der Waals surface area contributed by atoms with Crippen LogP contribution in [0.4, 0.5) is 11.5 Å². The fraction of sp³-hybridized carbons (Fsp3) is 0.167. The summed E-state index contributed by atoms with van der Waals surface area (Å²) in [5.74, 6) is 0.506. The number of amides is 1. The summed E-state index contributed by atoms with van der Waals surface area (Å²) >= 11 is 1.66. The number of thiophene rings is 1. The Labute approximate surface area is 103 Å². The molecule has 2 aromatic heterocycles. The lowest BCUT2D eigenvalue weighted by Gasteiger charge is -2.03. The summed E-state index contributed by atoms with van der Waals surface area (Å²) in [5, 5.41) is 4.74. The van der Waals surface area contributed by atoms with Crippen LogP contribution in [0.2, 0.25) is 0 Å². The van der Waals surface area contributed by atoms with Gasteiger partial charge in [0.25, 0.3) is 0 Å². The first-order valence-electron chi connectivity index (χ1n) is 5.28. The van der Waals surface area contributed by atoms with Crippen LogP contribution in [0, 0.1) is 0 Å². The molecule has 2 aromatic rings. The van der Waals surface area contributed by atoms with Gasteiger partial charge in [0.15, 0.2) is 0 Å². The zero-order valence-corrected chi connectivity index (χ0v) is 10.0. The van der Waals surface area contributed by atoms with E-state index in [-0.39, 0.29) is 5.91 Å². The van der Waals surface area contributed by atoms with Gasteiger partial charge in [0.2, 0.25) is 5.91 Å². The minimum Gasteiger partial charge on any atom is -0.397 e. The van der Waals surface area contributed by atoms with Crippen molar-refractivity contribution in [3.63, 3.8) is 0 Å². The molecule has 0 bridgehead atoms. The molecule has 0 fully saturated rings. The Bertz CT molecular complexity index is 479. The van der Waals surface area contributed by atoms with Crippen molar-refractivity contribution < 1.29 is 4.79 Å². The van der Waals surface area contributed by atoms with Crippen LogP contribution in [0.25, 0.3) is 0 Å². The lowest BCUT2D eigenvalue weighted by atomic mass is 10.2. The number of aryl methyl sites for hydroxylation is 1. The van der Waals surface area contributed by atoms with Crippen LogP contribution in [0.3, 0.4) is 0 Å². The van der Waals surface area contributed by atoms with Gasteiger partial charge in [0, 0.05) is 11.3 Å². The molecule has 0 radical (unpaired) electrons. The van der Waals surface area contributed by atoms with Crippen molar-refractivity contribution in [3.05, 3.63) is 40.7 Å². The number of rotatable bonds is 4. The summed E-state index contributed by atoms with van der Waals surface area (Å²) in [5.41, 5.74) is 6.09. The lowest BCUT2D eigenvalue weighted by Crippen LogP contribution is -2.13. The quantitative estimate of drug-likeness (QED) is 0.871. The monoisotopic (exact) mass is 247 g/mol. The predicted octanol–water partition coefficient (Wildman–Crippen LogP) is 2.30. The molecule has 2 rings (SSSR count). The number of nitrogen functional groups attached to an aromatic ring is 1. The maximum Gasteiger partial charge on any atom is 0.225 e. The van der Waals surface area contributed by atoms with E-state index in [2.05, 4.69) is 10.3 Å². The summed E-state index contributed by atoms with van der Waals surface area (Å²) in [4.78, 5) is 16.8. The Balaban J connectivity index is 1.83. The third-order valence-electron chi connectivity index (χ3n) is 2.23. The molecule has 0 atom stereocenters. The fourth-order valence-electron chi connectivity index (χ4n) is 1.38. The highest BCUT2D eigenvalue weighted by atomic mass is 32.1. The molecule has 17 heavy (non-hydrogen) atoms. The van der Waals surface area contributed by atoms with Crippen molar-refractivity contribution in [2.24, 2.45) is 0 Å². The van der Waals surface area contributed by atoms with Crippen LogP contribution in [0.15, 0.2) is 35.8 Å². The highest BCUT2D eigenvalue weighted by Crippen LogP contribution is 2.12. The molecule has 1 amide bonds. The lowest BCUT2D eigenvalue weighted by molar-refractivity contribution is -0.116. The SMILES string of the molecule is Nc1ccc(NC(=O)CCc2cccs2)nc1. The van der Waals surface area contributed by atoms with Crippen molar-refractivity contribution >= 4 is 28.7 Å². The van der Waals surface area contributed by atoms with Gasteiger partial charge >= 0.3 is 0 Å². The van der Waals surface area contributed by atoms with Gasteiger partial charge in [-0.3, -0.25) is 4.79 Å². The first-order valence-corrected chi connectivity index (χ1v) is 6.16. The highest BCUT2D eigenvalue weighted by Gasteiger charge is 2.04. The van der Waals surface area contributed by atoms with E-state index in [1.54, 1.807) is 23.5 Å². The van der Waals surface area contributed by atoms with Gasteiger partial charge in [-0.25, -0.2) is 4.98 Å². The molecule has 0 spiro atoms. The normalized spacial score (nSPS) is 10.1. The van der Waals surface area contributed by atoms with Gasteiger partial charge in [0.1, 0.15) is 5.82 Å². The molecule has 4 nitrogen and oxygen atoms in total. The van der Waals surface area contributed by atoms with E-state index in [1.165, 1.54) is 11.1 Å². The highest BCUT2D eigenvalue weighted by molar-refractivity contribution is 7.09. The Hall–Kier alpha value is -1.88. The van der Waals surface area contributed by atoms with Crippen LogP contribution >= 0.6 is 11.3 Å². The van der Waals surface area contributed by atoms with Crippen molar-refractivity contribution in [1.82, 2.24) is 4.98 Å². The van der Waals surface area contributed by atoms with E-state index >= 15 is 0 Å². The van der Waals surface area contributed by atoms with Gasteiger partial charge in [-0.1, -0.05) is 6.07 Å². The van der Waals surface area contributed by atoms with Crippen molar-refractivity contribution in [2.45, 2.75) is 12.8 Å². The summed E-state index contributed by atoms with van der Waals surface area (Å²) in [6.07, 6.45) is 2.75. The van der Waals surface area contributed by atoms with Gasteiger partial charge in [0.05, 0.1) is 11.9 Å². The van der Waals surface area contributed by atoms with Gasteiger partial charge in [-0.2, -0.15) is 0 Å². The fourth-order valence-corrected chi connectivity index (χ4v) is 2.09. The molecule has 0 aliphatic carbocycles. The van der Waals surface area contributed by atoms with E-state index in [4.69, 9.17) is 5.73 Å². The Morgan fingerprint density at radius 3 is 2.94 bits per heavy atom. The molecular weight excluding hydrogens is 234 g/mol. The van der Waals surface area contributed by atoms with E-state index in [0.29, 0.717) is 17.9 Å². The third-order valence-corrected chi connectivity index (χ3v) is 3.17. The molecule has 0 saturated carbocycles. The van der Waals surface area contributed by atoms with E-state index in [9.17, 15) is 4.79 Å². The number of nitrogens with zero attached hydrogens (tertiary/aromatic N) is 1. The molecule has 0 unspecified atom stereocenters. The van der Waals surface area contributed by atoms with Crippen LogP contribution in [-0.2, 0) is 11.2 Å². The van der Waals surface area contributed by atoms with Crippen LogP contribution in [-0.4, -0.2) is 10.9 Å². The smallest absolute Gasteiger partial charge is 0.225 e. The third kappa shape index (κ3) is 3.57. The molecule has 88 valence electrons. The van der Waals surface area contributed by atoms with Crippen LogP contribution < -0.4 is 11.1 Å². The first kappa shape index (κ1) is 11.6. The zero-order chi connectivity index (χ0) is 12.1. The minimum absolute atomic E-state index is 0.0318. The summed E-state index contributed by atoms with van der Waals surface area (Å²) in [6, 6.07) is 7.42. The molecule has 3 N–H and O–H groups in total. The number of nitrogens with one attached hydrogen (secondary N) is 1. The Kier molecular flexibility index (Phi) is 3.72. The zero-order valence-electron chi connectivity index (χ0n) is 9.22. The number of hydrogen-bond acceptors (Lipinski definition) is 4. The molecular formula is C12H13N3OS. The molecule has 2 heterocycles. The van der Waals surface area contributed by atoms with Gasteiger partial charge in [-0.15, -0.1) is 11.3 Å². The first-order chi connectivity index (χ1) is 8.24. The average molecular weight is 247 g/mol. The molecule has 0 saturated heterocycles. The number of aromatic nitrogens is 1. The van der Waals surface area contributed by atoms with Crippen LogP contribution in [0.1, 0.15) is 11.3 Å². The molecule has 0 aromatic carbocycles. The standard InChI is InChI=1S/C12H13N3OS/c13-9-3-5-11(14-8-9)15-12(16)6-4-10-2-1-7-17-10/h1-3,5,7-8H,4,6,13H2,(H,14,15,16). The second-order valence-corrected chi connectivity index (χ2v) is 4.64. The summed E-state index contributed by atoms with van der Waals surface area (Å²) < 4.78 is 0. The van der Waals surface area contributed by atoms with E-state index < -0.39 is 0 Å². The topological polar surface area (TPSA) is 68.0 Å². The number of anilines is 2. The van der Waals surface area contributed by atoms with Crippen LogP contribution in [0.5, 0.6) is 0 Å². The predicted molar refractivity (Wildman–Crippen MR) is 69.9 cm³/mol. The molecule has 5 heteroatoms. The second-order valence-electron chi connectivity index (χ2n) is 3.60. The van der Waals surface area contributed by atoms with Crippen molar-refractivity contribution in [1.29, 1.82) is 0 Å². The van der Waals surface area contributed by atoms with Crippen molar-refractivity contribution in [2.75, 3.05) is 11.1 Å². The van der Waals surface area contributed by atoms with E-state index in [1.807, 2.05) is 17.5 Å². The van der Waals surface area contributed by atoms with E-state index in [0.717, 1.165) is 6.42 Å². The van der Waals surface area contributed by atoms with Gasteiger partial charge in [-0.05, 0) is 30.0 Å². The van der Waals surface area contributed by atoms with Crippen molar-refractivity contribution in [3.8, 4) is 0 Å². The number of carbonyl (C=O) groups excluding carboxylic acids is 1. The average Bonchev–Trinajstić information content (AvgIpc) is 2.83. The Morgan fingerprint density at radius 2 is 2.29 bits per heavy atom. The molecule has 0 aliphatic rings. The van der Waals surface area contributed by atoms with Gasteiger partial charge < -0.3 is 11.1 Å². The Morgan fingerprint density at radius 1 is 1.41 bits per heavy atom. The second kappa shape index (κ2) is 5.45. The summed E-state index contributed by atoms with van der Waals surface area (Å²) in [7, 11) is 0. The number of nitrogens with two attached hydrogens (primary N) is 1. The largest absolute Gasteiger partial charge is 0.397 e. The molecule has 0 aliphatic heterocycles. The maximum atomic E-state index is 11.6. The minimum atomic E-state index is -0.0318.